The Hall–Kier alpha value is -1.13. The van der Waals surface area contributed by atoms with Gasteiger partial charge in [0.1, 0.15) is 0 Å². The summed E-state index contributed by atoms with van der Waals surface area (Å²) >= 11 is 0. The number of nitrogens with one attached hydrogen (secondary N) is 1. The summed E-state index contributed by atoms with van der Waals surface area (Å²) in [6.07, 6.45) is -13.7. The second-order valence-electron chi connectivity index (χ2n) is 5.73. The first-order chi connectivity index (χ1) is 11.5. The number of hydrogen-bond donors (Lipinski definition) is 1. The number of rotatable bonds is 4. The first kappa shape index (κ1) is 22.9. The van der Waals surface area contributed by atoms with Crippen molar-refractivity contribution in [1.82, 2.24) is 10.2 Å². The summed E-state index contributed by atoms with van der Waals surface area (Å²) in [5.74, 6) is 0. The van der Waals surface area contributed by atoms with Gasteiger partial charge in [0.05, 0.1) is 11.1 Å². The maximum atomic E-state index is 13.2. The zero-order chi connectivity index (χ0) is 18.8. The lowest BCUT2D eigenvalue weighted by Gasteiger charge is -2.36. The quantitative estimate of drug-likeness (QED) is 0.718. The summed E-state index contributed by atoms with van der Waals surface area (Å²) in [5.41, 5.74) is -3.36. The molecule has 2 rings (SSSR count). The van der Waals surface area contributed by atoms with E-state index in [1.165, 1.54) is 4.90 Å². The number of alkyl halides is 8. The predicted octanol–water partition coefficient (Wildman–Crippen LogP) is 4.75. The first-order valence-corrected chi connectivity index (χ1v) is 7.51. The van der Waals surface area contributed by atoms with Crippen LogP contribution >= 0.6 is 12.4 Å². The SMILES string of the molecule is Cl.FC(F)C[C@H](c1cc(C(F)(F)F)ccc1C(F)(F)F)N1CCNCC1. The second kappa shape index (κ2) is 8.71. The third-order valence-corrected chi connectivity index (χ3v) is 4.04. The van der Waals surface area contributed by atoms with E-state index in [0.29, 0.717) is 31.3 Å². The highest BCUT2D eigenvalue weighted by Crippen LogP contribution is 2.41. The van der Waals surface area contributed by atoms with Crippen molar-refractivity contribution in [1.29, 1.82) is 0 Å². The average molecular weight is 413 g/mol. The lowest BCUT2D eigenvalue weighted by atomic mass is 9.93. The van der Waals surface area contributed by atoms with Gasteiger partial charge < -0.3 is 5.32 Å². The fourth-order valence-corrected chi connectivity index (χ4v) is 2.91. The standard InChI is InChI=1S/C15H16F8N2.ClH/c16-13(17)8-12(25-5-3-24-4-6-25)10-7-9(14(18,19)20)1-2-11(10)15(21,22)23;/h1-2,7,12-13,24H,3-6,8H2;1H/t12-;/m1./s1. The maximum Gasteiger partial charge on any atom is 0.416 e. The van der Waals surface area contributed by atoms with Gasteiger partial charge in [0.2, 0.25) is 6.43 Å². The van der Waals surface area contributed by atoms with Crippen molar-refractivity contribution in [2.45, 2.75) is 31.2 Å². The molecule has 26 heavy (non-hydrogen) atoms. The van der Waals surface area contributed by atoms with E-state index in [2.05, 4.69) is 5.32 Å². The molecule has 0 spiro atoms. The van der Waals surface area contributed by atoms with Gasteiger partial charge in [0.15, 0.2) is 0 Å². The van der Waals surface area contributed by atoms with Crippen LogP contribution < -0.4 is 5.32 Å². The van der Waals surface area contributed by atoms with Gasteiger partial charge in [-0.3, -0.25) is 4.90 Å². The lowest BCUT2D eigenvalue weighted by molar-refractivity contribution is -0.142. The molecule has 1 N–H and O–H groups in total. The molecular weight excluding hydrogens is 396 g/mol. The summed E-state index contributed by atoms with van der Waals surface area (Å²) in [4.78, 5) is 1.37. The minimum Gasteiger partial charge on any atom is -0.314 e. The molecule has 1 aliphatic rings. The fourth-order valence-electron chi connectivity index (χ4n) is 2.91. The fraction of sp³-hybridized carbons (Fsp3) is 0.600. The third kappa shape index (κ3) is 5.68. The van der Waals surface area contributed by atoms with Crippen LogP contribution in [0.15, 0.2) is 18.2 Å². The number of benzene rings is 1. The molecule has 1 aliphatic heterocycles. The summed E-state index contributed by atoms with van der Waals surface area (Å²) in [6, 6.07) is -0.457. The largest absolute Gasteiger partial charge is 0.416 e. The molecule has 1 aromatic rings. The highest BCUT2D eigenvalue weighted by molar-refractivity contribution is 5.85. The van der Waals surface area contributed by atoms with E-state index < -0.39 is 47.9 Å². The number of piperazine rings is 1. The smallest absolute Gasteiger partial charge is 0.314 e. The minimum absolute atomic E-state index is 0. The van der Waals surface area contributed by atoms with Crippen LogP contribution in [0.4, 0.5) is 35.1 Å². The van der Waals surface area contributed by atoms with Crippen LogP contribution in [0, 0.1) is 0 Å². The topological polar surface area (TPSA) is 15.3 Å². The van der Waals surface area contributed by atoms with Gasteiger partial charge in [0, 0.05) is 38.6 Å². The van der Waals surface area contributed by atoms with Gasteiger partial charge in [-0.05, 0) is 23.8 Å². The van der Waals surface area contributed by atoms with Gasteiger partial charge in [-0.15, -0.1) is 12.4 Å². The van der Waals surface area contributed by atoms with E-state index in [-0.39, 0.29) is 25.5 Å². The molecule has 1 fully saturated rings. The highest BCUT2D eigenvalue weighted by Gasteiger charge is 2.40. The Morgan fingerprint density at radius 1 is 0.962 bits per heavy atom. The van der Waals surface area contributed by atoms with E-state index in [1.807, 2.05) is 0 Å². The van der Waals surface area contributed by atoms with Crippen molar-refractivity contribution in [3.8, 4) is 0 Å². The molecule has 0 aliphatic carbocycles. The first-order valence-electron chi connectivity index (χ1n) is 7.51. The minimum atomic E-state index is -4.94. The third-order valence-electron chi connectivity index (χ3n) is 4.04. The van der Waals surface area contributed by atoms with Crippen molar-refractivity contribution in [2.24, 2.45) is 0 Å². The molecule has 0 unspecified atom stereocenters. The Balaban J connectivity index is 0.00000338. The van der Waals surface area contributed by atoms with E-state index in [9.17, 15) is 35.1 Å². The number of hydrogen-bond acceptors (Lipinski definition) is 2. The van der Waals surface area contributed by atoms with Crippen LogP contribution in [0.25, 0.3) is 0 Å². The zero-order valence-electron chi connectivity index (χ0n) is 13.3. The zero-order valence-corrected chi connectivity index (χ0v) is 14.1. The monoisotopic (exact) mass is 412 g/mol. The van der Waals surface area contributed by atoms with Crippen LogP contribution in [0.2, 0.25) is 0 Å². The Labute approximate surface area is 150 Å². The number of nitrogens with zero attached hydrogens (tertiary/aromatic N) is 1. The molecule has 0 aromatic heterocycles. The van der Waals surface area contributed by atoms with Gasteiger partial charge in [-0.25, -0.2) is 8.78 Å². The second-order valence-corrected chi connectivity index (χ2v) is 5.73. The van der Waals surface area contributed by atoms with E-state index in [4.69, 9.17) is 0 Å². The molecular formula is C15H17ClF8N2. The van der Waals surface area contributed by atoms with Crippen LogP contribution in [0.1, 0.15) is 29.2 Å². The molecule has 1 aromatic carbocycles. The maximum absolute atomic E-state index is 13.2. The highest BCUT2D eigenvalue weighted by atomic mass is 35.5. The Morgan fingerprint density at radius 2 is 1.54 bits per heavy atom. The molecule has 0 saturated carbocycles. The van der Waals surface area contributed by atoms with E-state index in [1.54, 1.807) is 0 Å². The molecule has 1 saturated heterocycles. The van der Waals surface area contributed by atoms with Crippen molar-refractivity contribution in [3.05, 3.63) is 34.9 Å². The summed E-state index contributed by atoms with van der Waals surface area (Å²) in [7, 11) is 0. The molecule has 11 heteroatoms. The summed E-state index contributed by atoms with van der Waals surface area (Å²) in [6.45, 7) is 1.07. The van der Waals surface area contributed by atoms with Crippen LogP contribution in [-0.2, 0) is 12.4 Å². The van der Waals surface area contributed by atoms with Crippen molar-refractivity contribution >= 4 is 12.4 Å². The Kier molecular flexibility index (Phi) is 7.67. The van der Waals surface area contributed by atoms with Crippen molar-refractivity contribution in [3.63, 3.8) is 0 Å². The average Bonchev–Trinajstić information content (AvgIpc) is 2.51. The molecule has 1 atom stereocenters. The van der Waals surface area contributed by atoms with Crippen molar-refractivity contribution in [2.75, 3.05) is 26.2 Å². The molecule has 0 amide bonds. The molecule has 0 bridgehead atoms. The molecule has 1 heterocycles. The molecule has 0 radical (unpaired) electrons. The van der Waals surface area contributed by atoms with Crippen LogP contribution in [0.5, 0.6) is 0 Å². The van der Waals surface area contributed by atoms with Crippen LogP contribution in [-0.4, -0.2) is 37.5 Å². The summed E-state index contributed by atoms with van der Waals surface area (Å²) in [5, 5.41) is 2.92. The predicted molar refractivity (Wildman–Crippen MR) is 81.5 cm³/mol. The van der Waals surface area contributed by atoms with Gasteiger partial charge in [0.25, 0.3) is 0 Å². The Bertz CT molecular complexity index is 582. The molecule has 2 nitrogen and oxygen atoms in total. The van der Waals surface area contributed by atoms with Crippen molar-refractivity contribution < 1.29 is 35.1 Å². The van der Waals surface area contributed by atoms with Gasteiger partial charge in [-0.2, -0.15) is 26.3 Å². The lowest BCUT2D eigenvalue weighted by Crippen LogP contribution is -2.46. The normalized spacial score (nSPS) is 17.9. The van der Waals surface area contributed by atoms with Crippen LogP contribution in [0.3, 0.4) is 0 Å². The summed E-state index contributed by atoms with van der Waals surface area (Å²) < 4.78 is 104. The van der Waals surface area contributed by atoms with Gasteiger partial charge >= 0.3 is 12.4 Å². The van der Waals surface area contributed by atoms with E-state index in [0.717, 1.165) is 0 Å². The molecule has 150 valence electrons. The number of halogens is 9. The Morgan fingerprint density at radius 3 is 2.00 bits per heavy atom. The van der Waals surface area contributed by atoms with Gasteiger partial charge in [-0.1, -0.05) is 0 Å². The van der Waals surface area contributed by atoms with E-state index >= 15 is 0 Å².